The monoisotopic (exact) mass is 537 g/mol. The number of fused-ring (bicyclic) bond motifs is 4. The predicted molar refractivity (Wildman–Crippen MR) is 150 cm³/mol. The van der Waals surface area contributed by atoms with Gasteiger partial charge >= 0.3 is 0 Å². The Morgan fingerprint density at radius 1 is 1.03 bits per heavy atom. The van der Waals surface area contributed by atoms with Crippen LogP contribution >= 0.6 is 11.6 Å². The van der Waals surface area contributed by atoms with E-state index in [4.69, 9.17) is 23.1 Å². The second kappa shape index (κ2) is 12.4. The summed E-state index contributed by atoms with van der Waals surface area (Å²) in [5.74, 6) is 0.283. The van der Waals surface area contributed by atoms with Gasteiger partial charge in [-0.3, -0.25) is 9.69 Å². The van der Waals surface area contributed by atoms with Crippen molar-refractivity contribution in [3.8, 4) is 0 Å². The minimum absolute atomic E-state index is 0.0145. The molecule has 212 valence electrons. The van der Waals surface area contributed by atoms with Crippen LogP contribution in [-0.2, 0) is 4.79 Å². The number of nitrogens with zero attached hydrogens (tertiary/aromatic N) is 2. The van der Waals surface area contributed by atoms with Crippen molar-refractivity contribution in [2.24, 2.45) is 28.7 Å². The smallest absolute Gasteiger partial charge is 0.227 e. The molecule has 7 unspecified atom stereocenters. The van der Waals surface area contributed by atoms with Crippen LogP contribution in [0.1, 0.15) is 71.1 Å². The highest BCUT2D eigenvalue weighted by molar-refractivity contribution is 6.20. The Labute approximate surface area is 229 Å². The van der Waals surface area contributed by atoms with Crippen LogP contribution in [0.25, 0.3) is 0 Å². The Bertz CT molecular complexity index is 763. The molecule has 9 heteroatoms. The van der Waals surface area contributed by atoms with Crippen LogP contribution in [0.4, 0.5) is 0 Å². The largest absolute Gasteiger partial charge is 0.350 e. The number of halogens is 1. The third kappa shape index (κ3) is 6.64. The third-order valence-corrected chi connectivity index (χ3v) is 10.9. The van der Waals surface area contributed by atoms with Crippen molar-refractivity contribution in [2.45, 2.75) is 107 Å². The quantitative estimate of drug-likeness (QED) is 0.266. The van der Waals surface area contributed by atoms with E-state index in [1.54, 1.807) is 0 Å². The molecule has 1 saturated carbocycles. The lowest BCUT2D eigenvalue weighted by atomic mass is 9.73. The van der Waals surface area contributed by atoms with Gasteiger partial charge in [-0.1, -0.05) is 19.8 Å². The summed E-state index contributed by atoms with van der Waals surface area (Å²) in [6.45, 7) is 9.55. The van der Waals surface area contributed by atoms with Gasteiger partial charge in [0.2, 0.25) is 5.91 Å². The van der Waals surface area contributed by atoms with Gasteiger partial charge in [-0.05, 0) is 82.3 Å². The van der Waals surface area contributed by atoms with E-state index < -0.39 is 12.1 Å². The summed E-state index contributed by atoms with van der Waals surface area (Å²) in [5.41, 5.74) is 13.1. The van der Waals surface area contributed by atoms with Crippen molar-refractivity contribution in [3.63, 3.8) is 0 Å². The lowest BCUT2D eigenvalue weighted by Gasteiger charge is -2.44. The average Bonchev–Trinajstić information content (AvgIpc) is 3.02. The van der Waals surface area contributed by atoms with Gasteiger partial charge in [0.15, 0.2) is 0 Å². The molecule has 6 rings (SSSR count). The Morgan fingerprint density at radius 2 is 1.84 bits per heavy atom. The fraction of sp³-hybridized carbons (Fsp3) is 0.964. The molecule has 0 radical (unpaired) electrons. The highest BCUT2D eigenvalue weighted by atomic mass is 35.5. The Morgan fingerprint density at radius 3 is 2.57 bits per heavy atom. The summed E-state index contributed by atoms with van der Waals surface area (Å²) in [6.07, 6.45) is 10.9. The van der Waals surface area contributed by atoms with Crippen LogP contribution in [0, 0.1) is 17.3 Å². The van der Waals surface area contributed by atoms with Gasteiger partial charge in [0.25, 0.3) is 0 Å². The van der Waals surface area contributed by atoms with Crippen LogP contribution in [0.2, 0.25) is 0 Å². The summed E-state index contributed by atoms with van der Waals surface area (Å²) in [4.78, 5) is 19.4. The number of nitrogens with two attached hydrogens (primary N) is 2. The standard InChI is InChI=1S/C28H52ClN7O/c1-19-4-9-28(15-19)8-2-3-20(29)17-33-22(16-28)25(26(30)31)27(37)34-23-18-32-10-5-24(23)36-14-13-35-11-6-21(36)7-12-35/h19-26,32-33H,2-18,30-31H2,1H3,(H,34,37). The van der Waals surface area contributed by atoms with Crippen molar-refractivity contribution in [1.29, 1.82) is 0 Å². The van der Waals surface area contributed by atoms with Crippen LogP contribution < -0.4 is 27.4 Å². The topological polar surface area (TPSA) is 112 Å². The molecule has 5 saturated heterocycles. The molecule has 37 heavy (non-hydrogen) atoms. The number of carbonyl (C=O) groups excluding carboxylic acids is 1. The molecule has 1 amide bonds. The predicted octanol–water partition coefficient (Wildman–Crippen LogP) is 1.42. The first-order chi connectivity index (χ1) is 17.8. The third-order valence-electron chi connectivity index (χ3n) is 10.5. The number of carbonyl (C=O) groups is 1. The number of hydrogen-bond donors (Lipinski definition) is 5. The summed E-state index contributed by atoms with van der Waals surface area (Å²) in [7, 11) is 0. The summed E-state index contributed by atoms with van der Waals surface area (Å²) >= 11 is 6.68. The maximum atomic E-state index is 14.0. The number of nitrogens with one attached hydrogen (secondary N) is 3. The molecule has 5 heterocycles. The molecular formula is C28H52ClN7O. The van der Waals surface area contributed by atoms with Crippen molar-refractivity contribution in [3.05, 3.63) is 0 Å². The first-order valence-corrected chi connectivity index (χ1v) is 15.6. The highest BCUT2D eigenvalue weighted by Crippen LogP contribution is 2.49. The van der Waals surface area contributed by atoms with E-state index in [2.05, 4.69) is 32.7 Å². The van der Waals surface area contributed by atoms with Gasteiger partial charge in [0.05, 0.1) is 18.1 Å². The molecule has 0 aromatic rings. The zero-order chi connectivity index (χ0) is 26.0. The fourth-order valence-electron chi connectivity index (χ4n) is 8.53. The first kappa shape index (κ1) is 28.1. The fourth-order valence-corrected chi connectivity index (χ4v) is 8.77. The SMILES string of the molecule is CC1CCC2(CCCC(Cl)CNC(C(C(=O)NC3CNCCC3N3CCN4CCC3CC4)C(N)N)C2)C1. The van der Waals surface area contributed by atoms with E-state index >= 15 is 0 Å². The molecule has 6 fully saturated rings. The van der Waals surface area contributed by atoms with Crippen molar-refractivity contribution in [1.82, 2.24) is 25.8 Å². The molecule has 2 bridgehead atoms. The van der Waals surface area contributed by atoms with E-state index in [9.17, 15) is 4.79 Å². The van der Waals surface area contributed by atoms with Gasteiger partial charge in [-0.15, -0.1) is 11.6 Å². The van der Waals surface area contributed by atoms with Gasteiger partial charge in [-0.25, -0.2) is 0 Å². The van der Waals surface area contributed by atoms with Gasteiger partial charge < -0.3 is 32.3 Å². The molecule has 7 atom stereocenters. The number of piperidine rings is 2. The molecule has 8 nitrogen and oxygen atoms in total. The number of hydrogen-bond acceptors (Lipinski definition) is 7. The van der Waals surface area contributed by atoms with E-state index in [0.29, 0.717) is 18.6 Å². The van der Waals surface area contributed by atoms with Crippen LogP contribution in [0.5, 0.6) is 0 Å². The van der Waals surface area contributed by atoms with E-state index in [0.717, 1.165) is 57.8 Å². The molecule has 5 aliphatic heterocycles. The zero-order valence-electron chi connectivity index (χ0n) is 23.0. The van der Waals surface area contributed by atoms with Crippen LogP contribution in [0.15, 0.2) is 0 Å². The summed E-state index contributed by atoms with van der Waals surface area (Å²) < 4.78 is 0. The molecule has 0 aromatic heterocycles. The highest BCUT2D eigenvalue weighted by Gasteiger charge is 2.45. The van der Waals surface area contributed by atoms with Crippen molar-refractivity contribution < 1.29 is 4.79 Å². The minimum Gasteiger partial charge on any atom is -0.350 e. The Kier molecular flexibility index (Phi) is 9.37. The number of amides is 1. The zero-order valence-corrected chi connectivity index (χ0v) is 23.7. The molecule has 1 spiro atoms. The molecule has 6 aliphatic rings. The van der Waals surface area contributed by atoms with E-state index in [1.807, 2.05) is 0 Å². The first-order valence-electron chi connectivity index (χ1n) is 15.2. The Hall–Kier alpha value is -0.480. The van der Waals surface area contributed by atoms with E-state index in [-0.39, 0.29) is 28.8 Å². The molecule has 1 aliphatic carbocycles. The maximum absolute atomic E-state index is 14.0. The van der Waals surface area contributed by atoms with Gasteiger partial charge in [-0.2, -0.15) is 0 Å². The summed E-state index contributed by atoms with van der Waals surface area (Å²) in [5, 5.41) is 10.8. The van der Waals surface area contributed by atoms with Gasteiger partial charge in [0.1, 0.15) is 0 Å². The number of rotatable bonds is 5. The molecule has 7 N–H and O–H groups in total. The molecular weight excluding hydrogens is 486 g/mol. The van der Waals surface area contributed by atoms with Crippen LogP contribution in [0.3, 0.4) is 0 Å². The summed E-state index contributed by atoms with van der Waals surface area (Å²) in [6, 6.07) is 1.02. The second-order valence-electron chi connectivity index (χ2n) is 13.1. The van der Waals surface area contributed by atoms with Crippen LogP contribution in [-0.4, -0.2) is 97.2 Å². The van der Waals surface area contributed by atoms with E-state index in [1.165, 1.54) is 51.6 Å². The average molecular weight is 538 g/mol. The van der Waals surface area contributed by atoms with Gasteiger partial charge in [0, 0.05) is 49.7 Å². The van der Waals surface area contributed by atoms with Crippen molar-refractivity contribution >= 4 is 17.5 Å². The lowest BCUT2D eigenvalue weighted by molar-refractivity contribution is -0.128. The number of alkyl halides is 1. The maximum Gasteiger partial charge on any atom is 0.227 e. The second-order valence-corrected chi connectivity index (χ2v) is 13.8. The van der Waals surface area contributed by atoms with Crippen molar-refractivity contribution in [2.75, 3.05) is 45.8 Å². The Balaban J connectivity index is 1.32. The minimum atomic E-state index is -0.709. The molecule has 0 aromatic carbocycles. The normalized spacial score (nSPS) is 42.7. The lowest BCUT2D eigenvalue weighted by Crippen LogP contribution is -2.65.